The van der Waals surface area contributed by atoms with Gasteiger partial charge in [-0.3, -0.25) is 4.79 Å². The van der Waals surface area contributed by atoms with Crippen molar-refractivity contribution in [2.45, 2.75) is 31.6 Å². The number of H-pyrrole nitrogens is 1. The Kier molecular flexibility index (Phi) is 3.74. The Morgan fingerprint density at radius 2 is 1.74 bits per heavy atom. The predicted octanol–water partition coefficient (Wildman–Crippen LogP) is 5.06. The molecule has 1 aliphatic carbocycles. The minimum Gasteiger partial charge on any atom is -0.361 e. The molecule has 1 aliphatic rings. The van der Waals surface area contributed by atoms with Gasteiger partial charge in [-0.15, -0.1) is 0 Å². The van der Waals surface area contributed by atoms with E-state index in [4.69, 9.17) is 0 Å². The van der Waals surface area contributed by atoms with Gasteiger partial charge in [0.1, 0.15) is 5.78 Å². The van der Waals surface area contributed by atoms with E-state index >= 15 is 0 Å². The van der Waals surface area contributed by atoms with E-state index in [9.17, 15) is 4.79 Å². The molecule has 0 amide bonds. The van der Waals surface area contributed by atoms with Gasteiger partial charge >= 0.3 is 0 Å². The fourth-order valence-electron chi connectivity index (χ4n) is 4.00. The fraction of sp³-hybridized carbons (Fsp3) is 0.286. The molecule has 4 rings (SSSR count). The van der Waals surface area contributed by atoms with Crippen molar-refractivity contribution < 1.29 is 4.79 Å². The van der Waals surface area contributed by atoms with E-state index in [-0.39, 0.29) is 11.8 Å². The Morgan fingerprint density at radius 1 is 0.957 bits per heavy atom. The SMILES string of the molecule is O=C1CCCCC1C(c1ccccc1)c1c[nH]c2ccccc12. The molecule has 116 valence electrons. The summed E-state index contributed by atoms with van der Waals surface area (Å²) in [6.45, 7) is 0. The summed E-state index contributed by atoms with van der Waals surface area (Å²) in [4.78, 5) is 16.0. The highest BCUT2D eigenvalue weighted by Gasteiger charge is 2.33. The van der Waals surface area contributed by atoms with Crippen molar-refractivity contribution in [3.05, 3.63) is 71.9 Å². The highest BCUT2D eigenvalue weighted by molar-refractivity contribution is 5.87. The first kappa shape index (κ1) is 14.3. The first-order chi connectivity index (χ1) is 11.3. The maximum Gasteiger partial charge on any atom is 0.136 e. The normalized spacial score (nSPS) is 19.8. The van der Waals surface area contributed by atoms with Crippen molar-refractivity contribution in [1.82, 2.24) is 4.98 Å². The molecule has 2 aromatic carbocycles. The molecular formula is C21H21NO. The van der Waals surface area contributed by atoms with Crippen LogP contribution in [0.3, 0.4) is 0 Å². The van der Waals surface area contributed by atoms with E-state index in [2.05, 4.69) is 53.6 Å². The number of carbonyl (C=O) groups excluding carboxylic acids is 1. The van der Waals surface area contributed by atoms with Crippen LogP contribution >= 0.6 is 0 Å². The van der Waals surface area contributed by atoms with Crippen LogP contribution in [0.25, 0.3) is 10.9 Å². The zero-order chi connectivity index (χ0) is 15.6. The van der Waals surface area contributed by atoms with Crippen LogP contribution in [0.5, 0.6) is 0 Å². The van der Waals surface area contributed by atoms with E-state index in [0.29, 0.717) is 5.78 Å². The molecule has 1 N–H and O–H groups in total. The second-order valence-corrected chi connectivity index (χ2v) is 6.50. The number of para-hydroxylation sites is 1. The average Bonchev–Trinajstić information content (AvgIpc) is 3.02. The quantitative estimate of drug-likeness (QED) is 0.721. The van der Waals surface area contributed by atoms with Crippen LogP contribution in [0.4, 0.5) is 0 Å². The molecule has 2 nitrogen and oxygen atoms in total. The predicted molar refractivity (Wildman–Crippen MR) is 93.5 cm³/mol. The van der Waals surface area contributed by atoms with Crippen molar-refractivity contribution in [2.75, 3.05) is 0 Å². The van der Waals surface area contributed by atoms with Crippen LogP contribution < -0.4 is 0 Å². The van der Waals surface area contributed by atoms with Gasteiger partial charge in [-0.25, -0.2) is 0 Å². The Bertz CT molecular complexity index is 818. The Hall–Kier alpha value is -2.35. The Labute approximate surface area is 136 Å². The first-order valence-corrected chi connectivity index (χ1v) is 8.48. The van der Waals surface area contributed by atoms with E-state index in [1.165, 1.54) is 16.5 Å². The summed E-state index contributed by atoms with van der Waals surface area (Å²) in [6, 6.07) is 18.9. The summed E-state index contributed by atoms with van der Waals surface area (Å²) < 4.78 is 0. The summed E-state index contributed by atoms with van der Waals surface area (Å²) in [5, 5.41) is 1.24. The molecule has 0 saturated heterocycles. The number of fused-ring (bicyclic) bond motifs is 1. The third-order valence-corrected chi connectivity index (χ3v) is 5.12. The number of hydrogen-bond donors (Lipinski definition) is 1. The first-order valence-electron chi connectivity index (χ1n) is 8.48. The van der Waals surface area contributed by atoms with Crippen molar-refractivity contribution in [2.24, 2.45) is 5.92 Å². The molecule has 1 heterocycles. The number of benzene rings is 2. The molecule has 0 bridgehead atoms. The number of aromatic amines is 1. The van der Waals surface area contributed by atoms with Gasteiger partial charge in [0, 0.05) is 35.4 Å². The summed E-state index contributed by atoms with van der Waals surface area (Å²) in [6.07, 6.45) is 6.03. The third-order valence-electron chi connectivity index (χ3n) is 5.12. The molecule has 0 radical (unpaired) electrons. The average molecular weight is 303 g/mol. The van der Waals surface area contributed by atoms with E-state index in [1.54, 1.807) is 0 Å². The highest BCUT2D eigenvalue weighted by Crippen LogP contribution is 2.41. The third kappa shape index (κ3) is 2.59. The molecule has 3 aromatic rings. The zero-order valence-corrected chi connectivity index (χ0v) is 13.2. The van der Waals surface area contributed by atoms with Gasteiger partial charge in [-0.2, -0.15) is 0 Å². The maximum absolute atomic E-state index is 12.6. The maximum atomic E-state index is 12.6. The summed E-state index contributed by atoms with van der Waals surface area (Å²) in [5.74, 6) is 0.681. The molecule has 2 atom stereocenters. The summed E-state index contributed by atoms with van der Waals surface area (Å²) >= 11 is 0. The fourth-order valence-corrected chi connectivity index (χ4v) is 4.00. The van der Waals surface area contributed by atoms with E-state index in [0.717, 1.165) is 31.2 Å². The monoisotopic (exact) mass is 303 g/mol. The molecular weight excluding hydrogens is 282 g/mol. The number of Topliss-reactive ketones (excluding diaryl/α,β-unsaturated/α-hetero) is 1. The minimum absolute atomic E-state index is 0.102. The molecule has 1 aromatic heterocycles. The highest BCUT2D eigenvalue weighted by atomic mass is 16.1. The van der Waals surface area contributed by atoms with Crippen LogP contribution in [-0.4, -0.2) is 10.8 Å². The van der Waals surface area contributed by atoms with Gasteiger partial charge in [-0.1, -0.05) is 55.0 Å². The lowest BCUT2D eigenvalue weighted by molar-refractivity contribution is -0.125. The summed E-state index contributed by atoms with van der Waals surface area (Å²) in [5.41, 5.74) is 3.65. The number of ketones is 1. The van der Waals surface area contributed by atoms with Crippen LogP contribution in [0.15, 0.2) is 60.8 Å². The number of rotatable bonds is 3. The van der Waals surface area contributed by atoms with Crippen LogP contribution in [0.1, 0.15) is 42.7 Å². The van der Waals surface area contributed by atoms with E-state index in [1.807, 2.05) is 12.1 Å². The van der Waals surface area contributed by atoms with Gasteiger partial charge in [0.2, 0.25) is 0 Å². The molecule has 2 unspecified atom stereocenters. The molecule has 0 spiro atoms. The number of aromatic nitrogens is 1. The second-order valence-electron chi connectivity index (χ2n) is 6.50. The van der Waals surface area contributed by atoms with Crippen molar-refractivity contribution in [3.8, 4) is 0 Å². The molecule has 1 saturated carbocycles. The Morgan fingerprint density at radius 3 is 2.57 bits per heavy atom. The number of hydrogen-bond acceptors (Lipinski definition) is 1. The summed E-state index contributed by atoms with van der Waals surface area (Å²) in [7, 11) is 0. The second kappa shape index (κ2) is 6.04. The van der Waals surface area contributed by atoms with Crippen LogP contribution in [0.2, 0.25) is 0 Å². The molecule has 0 aliphatic heterocycles. The van der Waals surface area contributed by atoms with Crippen molar-refractivity contribution in [1.29, 1.82) is 0 Å². The van der Waals surface area contributed by atoms with Gasteiger partial charge < -0.3 is 4.98 Å². The Balaban J connectivity index is 1.86. The van der Waals surface area contributed by atoms with Gasteiger partial charge in [-0.05, 0) is 30.0 Å². The number of carbonyl (C=O) groups is 1. The van der Waals surface area contributed by atoms with Crippen molar-refractivity contribution >= 4 is 16.7 Å². The zero-order valence-electron chi connectivity index (χ0n) is 13.2. The molecule has 23 heavy (non-hydrogen) atoms. The van der Waals surface area contributed by atoms with Gasteiger partial charge in [0.05, 0.1) is 0 Å². The lowest BCUT2D eigenvalue weighted by atomic mass is 9.73. The molecule has 2 heteroatoms. The number of nitrogens with one attached hydrogen (secondary N) is 1. The van der Waals surface area contributed by atoms with E-state index < -0.39 is 0 Å². The topological polar surface area (TPSA) is 32.9 Å². The van der Waals surface area contributed by atoms with Gasteiger partial charge in [0.25, 0.3) is 0 Å². The van der Waals surface area contributed by atoms with Crippen LogP contribution in [-0.2, 0) is 4.79 Å². The van der Waals surface area contributed by atoms with Crippen molar-refractivity contribution in [3.63, 3.8) is 0 Å². The lowest BCUT2D eigenvalue weighted by Gasteiger charge is -2.29. The largest absolute Gasteiger partial charge is 0.361 e. The van der Waals surface area contributed by atoms with Gasteiger partial charge in [0.15, 0.2) is 0 Å². The van der Waals surface area contributed by atoms with Crippen LogP contribution in [0, 0.1) is 5.92 Å². The standard InChI is InChI=1S/C21H21NO/c23-20-13-7-5-11-17(20)21(15-8-2-1-3-9-15)18-14-22-19-12-6-4-10-16(18)19/h1-4,6,8-10,12,14,17,21-22H,5,7,11,13H2. The smallest absolute Gasteiger partial charge is 0.136 e. The molecule has 1 fully saturated rings. The minimum atomic E-state index is 0.102. The lowest BCUT2D eigenvalue weighted by Crippen LogP contribution is -2.26.